The van der Waals surface area contributed by atoms with Crippen molar-refractivity contribution in [3.05, 3.63) is 57.2 Å². The Kier molecular flexibility index (Phi) is 5.24. The monoisotopic (exact) mass is 414 g/mol. The predicted octanol–water partition coefficient (Wildman–Crippen LogP) is 3.77. The van der Waals surface area contributed by atoms with Gasteiger partial charge in [0, 0.05) is 13.4 Å². The lowest BCUT2D eigenvalue weighted by Crippen LogP contribution is -2.00. The van der Waals surface area contributed by atoms with Crippen LogP contribution < -0.4 is 0 Å². The van der Waals surface area contributed by atoms with Gasteiger partial charge in [-0.1, -0.05) is 17.8 Å². The summed E-state index contributed by atoms with van der Waals surface area (Å²) in [6.45, 7) is 0. The SMILES string of the molecule is O=C(O)Cc1ccc(Sc2ccc(C(=O)O)cc2)c(I)c1. The third-order valence-electron chi connectivity index (χ3n) is 2.68. The fourth-order valence-corrected chi connectivity index (χ4v) is 3.43. The normalized spacial score (nSPS) is 10.3. The molecule has 2 rings (SSSR count). The first-order valence-electron chi connectivity index (χ1n) is 5.97. The number of carbonyl (C=O) groups is 2. The topological polar surface area (TPSA) is 74.6 Å². The molecule has 2 aromatic rings. The van der Waals surface area contributed by atoms with Crippen molar-refractivity contribution < 1.29 is 19.8 Å². The lowest BCUT2D eigenvalue weighted by molar-refractivity contribution is -0.136. The molecule has 0 fully saturated rings. The highest BCUT2D eigenvalue weighted by atomic mass is 127. The van der Waals surface area contributed by atoms with Crippen molar-refractivity contribution in [3.63, 3.8) is 0 Å². The highest BCUT2D eigenvalue weighted by Gasteiger charge is 2.07. The predicted molar refractivity (Wildman–Crippen MR) is 88.0 cm³/mol. The summed E-state index contributed by atoms with van der Waals surface area (Å²) in [6.07, 6.45) is 0.00819. The molecule has 2 N–H and O–H groups in total. The Hall–Kier alpha value is -1.54. The van der Waals surface area contributed by atoms with Crippen LogP contribution in [0, 0.1) is 3.57 Å². The van der Waals surface area contributed by atoms with Crippen molar-refractivity contribution in [1.82, 2.24) is 0 Å². The van der Waals surface area contributed by atoms with Crippen molar-refractivity contribution in [2.75, 3.05) is 0 Å². The van der Waals surface area contributed by atoms with E-state index in [2.05, 4.69) is 22.6 Å². The van der Waals surface area contributed by atoms with Crippen LogP contribution in [0.3, 0.4) is 0 Å². The maximum atomic E-state index is 10.8. The molecule has 0 aliphatic heterocycles. The molecule has 21 heavy (non-hydrogen) atoms. The first kappa shape index (κ1) is 15.8. The van der Waals surface area contributed by atoms with Gasteiger partial charge in [0.1, 0.15) is 0 Å². The van der Waals surface area contributed by atoms with Gasteiger partial charge in [0.25, 0.3) is 0 Å². The number of benzene rings is 2. The molecular weight excluding hydrogens is 403 g/mol. The lowest BCUT2D eigenvalue weighted by atomic mass is 10.2. The molecule has 0 bridgehead atoms. The number of halogens is 1. The van der Waals surface area contributed by atoms with Gasteiger partial charge in [-0.05, 0) is 64.6 Å². The third kappa shape index (κ3) is 4.47. The van der Waals surface area contributed by atoms with E-state index in [9.17, 15) is 9.59 Å². The fraction of sp³-hybridized carbons (Fsp3) is 0.0667. The number of aliphatic carboxylic acids is 1. The molecule has 6 heteroatoms. The molecule has 0 amide bonds. The summed E-state index contributed by atoms with van der Waals surface area (Å²) in [5.74, 6) is -1.80. The molecule has 0 aliphatic rings. The van der Waals surface area contributed by atoms with Crippen LogP contribution in [-0.4, -0.2) is 22.2 Å². The van der Waals surface area contributed by atoms with Gasteiger partial charge in [-0.2, -0.15) is 0 Å². The summed E-state index contributed by atoms with van der Waals surface area (Å²) < 4.78 is 0.971. The molecular formula is C15H11IO4S. The minimum atomic E-state index is -0.945. The van der Waals surface area contributed by atoms with E-state index in [1.807, 2.05) is 12.1 Å². The number of rotatable bonds is 5. The van der Waals surface area contributed by atoms with E-state index in [0.29, 0.717) is 0 Å². The molecule has 108 valence electrons. The summed E-state index contributed by atoms with van der Waals surface area (Å²) in [4.78, 5) is 23.4. The first-order valence-corrected chi connectivity index (χ1v) is 7.86. The maximum Gasteiger partial charge on any atom is 0.335 e. The molecule has 0 radical (unpaired) electrons. The van der Waals surface area contributed by atoms with Crippen LogP contribution in [-0.2, 0) is 11.2 Å². The van der Waals surface area contributed by atoms with Crippen LogP contribution >= 0.6 is 34.4 Å². The Balaban J connectivity index is 2.15. The second-order valence-electron chi connectivity index (χ2n) is 4.27. The Morgan fingerprint density at radius 3 is 2.24 bits per heavy atom. The van der Waals surface area contributed by atoms with Gasteiger partial charge < -0.3 is 10.2 Å². The fourth-order valence-electron chi connectivity index (χ4n) is 1.70. The number of hydrogen-bond acceptors (Lipinski definition) is 3. The van der Waals surface area contributed by atoms with Gasteiger partial charge >= 0.3 is 11.9 Å². The zero-order chi connectivity index (χ0) is 15.4. The van der Waals surface area contributed by atoms with E-state index in [-0.39, 0.29) is 12.0 Å². The minimum absolute atomic E-state index is 0.00819. The molecule has 4 nitrogen and oxygen atoms in total. The van der Waals surface area contributed by atoms with Gasteiger partial charge in [-0.15, -0.1) is 0 Å². The molecule has 0 spiro atoms. The molecule has 2 aromatic carbocycles. The van der Waals surface area contributed by atoms with Crippen molar-refractivity contribution in [2.45, 2.75) is 16.2 Å². The average Bonchev–Trinajstić information content (AvgIpc) is 2.42. The van der Waals surface area contributed by atoms with Crippen LogP contribution in [0.4, 0.5) is 0 Å². The van der Waals surface area contributed by atoms with E-state index in [0.717, 1.165) is 18.9 Å². The highest BCUT2D eigenvalue weighted by molar-refractivity contribution is 14.1. The van der Waals surface area contributed by atoms with Crippen LogP contribution in [0.15, 0.2) is 52.3 Å². The summed E-state index contributed by atoms with van der Waals surface area (Å²) in [7, 11) is 0. The van der Waals surface area contributed by atoms with E-state index in [4.69, 9.17) is 10.2 Å². The summed E-state index contributed by atoms with van der Waals surface area (Å²) in [5.41, 5.74) is 1.02. The van der Waals surface area contributed by atoms with Crippen LogP contribution in [0.25, 0.3) is 0 Å². The third-order valence-corrected chi connectivity index (χ3v) is 5.02. The van der Waals surface area contributed by atoms with E-state index >= 15 is 0 Å². The van der Waals surface area contributed by atoms with Crippen molar-refractivity contribution >= 4 is 46.3 Å². The van der Waals surface area contributed by atoms with Crippen molar-refractivity contribution in [3.8, 4) is 0 Å². The Morgan fingerprint density at radius 1 is 1.05 bits per heavy atom. The van der Waals surface area contributed by atoms with Crippen LogP contribution in [0.1, 0.15) is 15.9 Å². The summed E-state index contributed by atoms with van der Waals surface area (Å²) >= 11 is 3.68. The van der Waals surface area contributed by atoms with Gasteiger partial charge in [-0.3, -0.25) is 4.79 Å². The van der Waals surface area contributed by atoms with Crippen LogP contribution in [0.2, 0.25) is 0 Å². The smallest absolute Gasteiger partial charge is 0.335 e. The summed E-state index contributed by atoms with van der Waals surface area (Å²) in [5, 5.41) is 17.6. The largest absolute Gasteiger partial charge is 0.481 e. The molecule has 0 saturated carbocycles. The molecule has 0 saturated heterocycles. The summed E-state index contributed by atoms with van der Waals surface area (Å²) in [6, 6.07) is 12.2. The molecule has 0 heterocycles. The zero-order valence-corrected chi connectivity index (χ0v) is 13.7. The van der Waals surface area contributed by atoms with E-state index in [1.54, 1.807) is 30.3 Å². The highest BCUT2D eigenvalue weighted by Crippen LogP contribution is 2.32. The quantitative estimate of drug-likeness (QED) is 0.729. The Labute approximate surface area is 139 Å². The maximum absolute atomic E-state index is 10.8. The first-order chi connectivity index (χ1) is 9.95. The second kappa shape index (κ2) is 6.95. The molecule has 0 atom stereocenters. The lowest BCUT2D eigenvalue weighted by Gasteiger charge is -2.07. The van der Waals surface area contributed by atoms with Gasteiger partial charge in [0.05, 0.1) is 12.0 Å². The van der Waals surface area contributed by atoms with E-state index in [1.165, 1.54) is 11.8 Å². The average molecular weight is 414 g/mol. The Bertz CT molecular complexity index is 683. The molecule has 0 unspecified atom stereocenters. The number of carboxylic acids is 2. The molecule has 0 aliphatic carbocycles. The van der Waals surface area contributed by atoms with Crippen molar-refractivity contribution in [1.29, 1.82) is 0 Å². The van der Waals surface area contributed by atoms with Crippen molar-refractivity contribution in [2.24, 2.45) is 0 Å². The Morgan fingerprint density at radius 2 is 1.71 bits per heavy atom. The minimum Gasteiger partial charge on any atom is -0.481 e. The zero-order valence-electron chi connectivity index (χ0n) is 10.7. The van der Waals surface area contributed by atoms with Crippen LogP contribution in [0.5, 0.6) is 0 Å². The number of carboxylic acid groups (broad SMARTS) is 2. The number of hydrogen-bond donors (Lipinski definition) is 2. The number of aromatic carboxylic acids is 1. The second-order valence-corrected chi connectivity index (χ2v) is 6.54. The van der Waals surface area contributed by atoms with Gasteiger partial charge in [0.2, 0.25) is 0 Å². The standard InChI is InChI=1S/C15H11IO4S/c16-12-7-9(8-14(17)18)1-6-13(12)21-11-4-2-10(3-5-11)15(19)20/h1-7H,8H2,(H,17,18)(H,19,20). The van der Waals surface area contributed by atoms with E-state index < -0.39 is 11.9 Å². The van der Waals surface area contributed by atoms with Gasteiger partial charge in [0.15, 0.2) is 0 Å². The molecule has 0 aromatic heterocycles. The van der Waals surface area contributed by atoms with Gasteiger partial charge in [-0.25, -0.2) is 4.79 Å².